The van der Waals surface area contributed by atoms with E-state index in [2.05, 4.69) is 27.2 Å². The number of rotatable bonds is 12. The summed E-state index contributed by atoms with van der Waals surface area (Å²) in [4.78, 5) is 51.6. The lowest BCUT2D eigenvalue weighted by atomic mass is 10.2. The predicted molar refractivity (Wildman–Crippen MR) is 158 cm³/mol. The molecule has 0 radical (unpaired) electrons. The van der Waals surface area contributed by atoms with Crippen LogP contribution in [0.15, 0.2) is 39.7 Å². The van der Waals surface area contributed by atoms with Crippen molar-refractivity contribution in [3.05, 3.63) is 55.9 Å². The second-order valence-electron chi connectivity index (χ2n) is 8.26. The fraction of sp³-hybridized carbons (Fsp3) is 0.286. The Hall–Kier alpha value is -3.46. The second-order valence-corrected chi connectivity index (χ2v) is 10.5. The Labute approximate surface area is 249 Å². The van der Waals surface area contributed by atoms with E-state index in [0.29, 0.717) is 46.3 Å². The average Bonchev–Trinajstić information content (AvgIpc) is 3.16. The summed E-state index contributed by atoms with van der Waals surface area (Å²) in [7, 11) is 0. The number of imide groups is 1. The zero-order valence-electron chi connectivity index (χ0n) is 21.8. The fourth-order valence-corrected chi connectivity index (χ4v) is 5.07. The molecule has 0 aromatic heterocycles. The quantitative estimate of drug-likeness (QED) is 0.126. The van der Waals surface area contributed by atoms with Crippen LogP contribution in [0.2, 0.25) is 5.02 Å². The Bertz CT molecular complexity index is 1390. The molecule has 0 saturated carbocycles. The van der Waals surface area contributed by atoms with Gasteiger partial charge in [0.15, 0.2) is 11.5 Å². The molecule has 3 amide bonds. The molecule has 9 nitrogen and oxygen atoms in total. The van der Waals surface area contributed by atoms with E-state index in [1.54, 1.807) is 12.1 Å². The smallest absolute Gasteiger partial charge is 0.339 e. The van der Waals surface area contributed by atoms with Gasteiger partial charge in [0.2, 0.25) is 5.91 Å². The third kappa shape index (κ3) is 8.03. The van der Waals surface area contributed by atoms with Crippen LogP contribution in [-0.2, 0) is 14.3 Å². The highest BCUT2D eigenvalue weighted by Gasteiger charge is 2.36. The van der Waals surface area contributed by atoms with Crippen molar-refractivity contribution < 1.29 is 33.4 Å². The maximum Gasteiger partial charge on any atom is 0.339 e. The van der Waals surface area contributed by atoms with Crippen LogP contribution in [-0.4, -0.2) is 54.3 Å². The fourth-order valence-electron chi connectivity index (χ4n) is 3.47. The number of carbonyl (C=O) groups excluding carboxylic acids is 4. The number of ether oxygens (including phenoxy) is 3. The molecular weight excluding hydrogens is 624 g/mol. The van der Waals surface area contributed by atoms with E-state index in [9.17, 15) is 19.2 Å². The Morgan fingerprint density at radius 1 is 1.20 bits per heavy atom. The van der Waals surface area contributed by atoms with E-state index in [4.69, 9.17) is 32.2 Å². The number of amides is 3. The lowest BCUT2D eigenvalue weighted by molar-refractivity contribution is -0.127. The molecule has 1 aliphatic rings. The highest BCUT2D eigenvalue weighted by molar-refractivity contribution is 9.10. The second kappa shape index (κ2) is 14.8. The van der Waals surface area contributed by atoms with Gasteiger partial charge in [0, 0.05) is 5.69 Å². The number of hydrogen-bond donors (Lipinski definition) is 1. The summed E-state index contributed by atoms with van der Waals surface area (Å²) in [5, 5.41) is 2.16. The van der Waals surface area contributed by atoms with Crippen LogP contribution in [0.5, 0.6) is 11.5 Å². The maximum absolute atomic E-state index is 13.0. The molecule has 0 bridgehead atoms. The molecule has 210 valence electrons. The van der Waals surface area contributed by atoms with E-state index < -0.39 is 29.6 Å². The first-order chi connectivity index (χ1) is 19.2. The third-order valence-electron chi connectivity index (χ3n) is 5.31. The molecule has 0 unspecified atom stereocenters. The molecule has 12 heteroatoms. The number of anilines is 1. The van der Waals surface area contributed by atoms with Crippen LogP contribution in [0.25, 0.3) is 6.08 Å². The van der Waals surface area contributed by atoms with Gasteiger partial charge < -0.3 is 19.5 Å². The molecule has 1 heterocycles. The summed E-state index contributed by atoms with van der Waals surface area (Å²) in [5.41, 5.74) is 0.926. The van der Waals surface area contributed by atoms with Crippen LogP contribution in [0.1, 0.15) is 42.6 Å². The Morgan fingerprint density at radius 3 is 2.67 bits per heavy atom. The number of nitrogens with zero attached hydrogens (tertiary/aromatic N) is 1. The number of benzene rings is 2. The molecule has 0 atom stereocenters. The summed E-state index contributed by atoms with van der Waals surface area (Å²) < 4.78 is 16.9. The lowest BCUT2D eigenvalue weighted by Crippen LogP contribution is -2.36. The Balaban J connectivity index is 1.72. The molecule has 2 aromatic carbocycles. The van der Waals surface area contributed by atoms with Crippen LogP contribution in [0.4, 0.5) is 10.5 Å². The van der Waals surface area contributed by atoms with Gasteiger partial charge in [-0.25, -0.2) is 4.79 Å². The molecule has 2 aromatic rings. The summed E-state index contributed by atoms with van der Waals surface area (Å²) >= 11 is 10.3. The lowest BCUT2D eigenvalue weighted by Gasteiger charge is -2.14. The van der Waals surface area contributed by atoms with Crippen molar-refractivity contribution in [1.29, 1.82) is 0 Å². The van der Waals surface area contributed by atoms with Crippen molar-refractivity contribution in [2.24, 2.45) is 0 Å². The molecule has 3 rings (SSSR count). The van der Waals surface area contributed by atoms with Gasteiger partial charge in [-0.3, -0.25) is 19.3 Å². The number of hydrogen-bond acceptors (Lipinski definition) is 8. The number of unbranched alkanes of at least 4 members (excludes halogenated alkanes) is 1. The van der Waals surface area contributed by atoms with E-state index in [0.717, 1.165) is 11.3 Å². The van der Waals surface area contributed by atoms with Gasteiger partial charge in [0.1, 0.15) is 13.2 Å². The van der Waals surface area contributed by atoms with Crippen LogP contribution in [0.3, 0.4) is 0 Å². The monoisotopic (exact) mass is 648 g/mol. The number of terminal acetylenes is 1. The number of nitrogens with one attached hydrogen (secondary N) is 1. The highest BCUT2D eigenvalue weighted by atomic mass is 79.9. The Morgan fingerprint density at radius 2 is 1.98 bits per heavy atom. The maximum atomic E-state index is 13.0. The van der Waals surface area contributed by atoms with Crippen molar-refractivity contribution in [2.75, 3.05) is 31.7 Å². The molecular formula is C28H26BrClN2O7S. The van der Waals surface area contributed by atoms with Crippen LogP contribution < -0.4 is 14.8 Å². The van der Waals surface area contributed by atoms with Gasteiger partial charge >= 0.3 is 5.97 Å². The topological polar surface area (TPSA) is 111 Å². The standard InChI is InChI=1S/C28H26BrClN2O7S/c1-4-7-11-39-27(35)19-15-18(8-9-21(19)30)31-24(33)16-32-26(34)23(40-28(32)36)14-17-12-20(29)25(38-10-5-2)22(13-17)37-6-3/h2,8-9,12-15H,4,6-7,10-11,16H2,1,3H3,(H,31,33)/b23-14-. The molecule has 1 saturated heterocycles. The predicted octanol–water partition coefficient (Wildman–Crippen LogP) is 6.15. The van der Waals surface area contributed by atoms with Gasteiger partial charge in [0.25, 0.3) is 11.1 Å². The number of carbonyl (C=O) groups is 4. The van der Waals surface area contributed by atoms with Crippen LogP contribution >= 0.6 is 39.3 Å². The van der Waals surface area contributed by atoms with E-state index in [1.807, 2.05) is 13.8 Å². The first-order valence-electron chi connectivity index (χ1n) is 12.2. The molecule has 0 spiro atoms. The molecule has 40 heavy (non-hydrogen) atoms. The number of thioether (sulfide) groups is 1. The van der Waals surface area contributed by atoms with Crippen molar-refractivity contribution in [3.63, 3.8) is 0 Å². The van der Waals surface area contributed by atoms with Gasteiger partial charge in [-0.15, -0.1) is 6.42 Å². The minimum Gasteiger partial charge on any atom is -0.490 e. The van der Waals surface area contributed by atoms with Gasteiger partial charge in [0.05, 0.1) is 33.2 Å². The number of esters is 1. The summed E-state index contributed by atoms with van der Waals surface area (Å²) in [5.74, 6) is 1.35. The average molecular weight is 650 g/mol. The summed E-state index contributed by atoms with van der Waals surface area (Å²) in [6.07, 6.45) is 8.38. The first kappa shape index (κ1) is 31.1. The normalized spacial score (nSPS) is 13.8. The Kier molecular flexibility index (Phi) is 11.5. The van der Waals surface area contributed by atoms with Gasteiger partial charge in [-0.1, -0.05) is 30.9 Å². The summed E-state index contributed by atoms with van der Waals surface area (Å²) in [6.45, 7) is 3.92. The van der Waals surface area contributed by atoms with E-state index in [1.165, 1.54) is 24.3 Å². The zero-order chi connectivity index (χ0) is 29.2. The minimum atomic E-state index is -0.632. The van der Waals surface area contributed by atoms with Gasteiger partial charge in [-0.05, 0) is 83.0 Å². The largest absolute Gasteiger partial charge is 0.490 e. The third-order valence-corrected chi connectivity index (χ3v) is 7.13. The van der Waals surface area contributed by atoms with Gasteiger partial charge in [-0.2, -0.15) is 0 Å². The number of halogens is 2. The van der Waals surface area contributed by atoms with E-state index >= 15 is 0 Å². The SMILES string of the molecule is C#CCOc1c(Br)cc(/C=C2\SC(=O)N(CC(=O)Nc3ccc(Cl)c(C(=O)OCCCC)c3)C2=O)cc1OCC. The summed E-state index contributed by atoms with van der Waals surface area (Å²) in [6, 6.07) is 7.69. The minimum absolute atomic E-state index is 0.0410. The van der Waals surface area contributed by atoms with Crippen molar-refractivity contribution in [3.8, 4) is 23.8 Å². The first-order valence-corrected chi connectivity index (χ1v) is 14.2. The molecule has 1 aliphatic heterocycles. The van der Waals surface area contributed by atoms with Crippen molar-refractivity contribution in [2.45, 2.75) is 26.7 Å². The van der Waals surface area contributed by atoms with E-state index in [-0.39, 0.29) is 34.4 Å². The zero-order valence-corrected chi connectivity index (χ0v) is 24.9. The highest BCUT2D eigenvalue weighted by Crippen LogP contribution is 2.39. The molecule has 1 N–H and O–H groups in total. The van der Waals surface area contributed by atoms with Crippen LogP contribution in [0, 0.1) is 12.3 Å². The molecule has 1 fully saturated rings. The molecule has 0 aliphatic carbocycles. The van der Waals surface area contributed by atoms with Crippen molar-refractivity contribution in [1.82, 2.24) is 4.90 Å². The van der Waals surface area contributed by atoms with Crippen molar-refractivity contribution >= 4 is 74.1 Å².